The third kappa shape index (κ3) is 2.91. The first-order valence-corrected chi connectivity index (χ1v) is 5.10. The van der Waals surface area contributed by atoms with Gasteiger partial charge in [-0.15, -0.1) is 0 Å². The first kappa shape index (κ1) is 10.4. The van der Waals surface area contributed by atoms with Gasteiger partial charge in [0.1, 0.15) is 5.60 Å². The second-order valence-electron chi connectivity index (χ2n) is 4.26. The minimum absolute atomic E-state index is 0.0121. The maximum Gasteiger partial charge on any atom is 0.103 e. The normalized spacial score (nSPS) is 17.8. The van der Waals surface area contributed by atoms with Crippen LogP contribution in [0.15, 0.2) is 23.5 Å². The Kier molecular flexibility index (Phi) is 3.18. The number of rotatable bonds is 3. The molecule has 0 aromatic heterocycles. The Morgan fingerprint density at radius 3 is 2.69 bits per heavy atom. The van der Waals surface area contributed by atoms with Gasteiger partial charge in [-0.3, -0.25) is 0 Å². The second-order valence-corrected chi connectivity index (χ2v) is 4.26. The Balaban J connectivity index is 2.67. The van der Waals surface area contributed by atoms with Gasteiger partial charge in [0.15, 0.2) is 0 Å². The summed E-state index contributed by atoms with van der Waals surface area (Å²) in [6, 6.07) is 0. The predicted octanol–water partition coefficient (Wildman–Crippen LogP) is 3.82. The van der Waals surface area contributed by atoms with Crippen molar-refractivity contribution in [2.24, 2.45) is 0 Å². The van der Waals surface area contributed by atoms with E-state index in [2.05, 4.69) is 39.8 Å². The summed E-state index contributed by atoms with van der Waals surface area (Å²) in [7, 11) is 0. The van der Waals surface area contributed by atoms with Crippen molar-refractivity contribution in [2.75, 3.05) is 0 Å². The molecule has 1 rings (SSSR count). The van der Waals surface area contributed by atoms with E-state index in [0.29, 0.717) is 0 Å². The SMILES string of the molecule is CCC(C)(C)OC1=C(C)C=CCC1. The molecule has 1 nitrogen and oxygen atoms in total. The first-order valence-electron chi connectivity index (χ1n) is 5.10. The number of hydrogen-bond acceptors (Lipinski definition) is 1. The molecule has 1 aliphatic rings. The van der Waals surface area contributed by atoms with Crippen LogP contribution < -0.4 is 0 Å². The van der Waals surface area contributed by atoms with E-state index in [1.807, 2.05) is 0 Å². The molecule has 0 unspecified atom stereocenters. The molecule has 0 radical (unpaired) electrons. The molecule has 0 aliphatic heterocycles. The Bertz CT molecular complexity index is 234. The first-order chi connectivity index (χ1) is 6.05. The molecule has 13 heavy (non-hydrogen) atoms. The lowest BCUT2D eigenvalue weighted by molar-refractivity contribution is 0.0252. The van der Waals surface area contributed by atoms with Crippen LogP contribution in [0, 0.1) is 0 Å². The highest BCUT2D eigenvalue weighted by molar-refractivity contribution is 5.24. The van der Waals surface area contributed by atoms with Crippen molar-refractivity contribution in [2.45, 2.75) is 52.6 Å². The lowest BCUT2D eigenvalue weighted by atomic mass is 10.0. The molecule has 1 heteroatoms. The fourth-order valence-corrected chi connectivity index (χ4v) is 1.30. The smallest absolute Gasteiger partial charge is 0.103 e. The third-order valence-corrected chi connectivity index (χ3v) is 2.60. The van der Waals surface area contributed by atoms with Crippen LogP contribution in [0.2, 0.25) is 0 Å². The van der Waals surface area contributed by atoms with Crippen LogP contribution in [0.1, 0.15) is 47.0 Å². The molecule has 0 saturated heterocycles. The molecule has 0 N–H and O–H groups in total. The molecule has 0 bridgehead atoms. The summed E-state index contributed by atoms with van der Waals surface area (Å²) in [4.78, 5) is 0. The van der Waals surface area contributed by atoms with Crippen LogP contribution in [0.25, 0.3) is 0 Å². The van der Waals surface area contributed by atoms with Crippen molar-refractivity contribution in [3.8, 4) is 0 Å². The lowest BCUT2D eigenvalue weighted by Gasteiger charge is -2.28. The van der Waals surface area contributed by atoms with Gasteiger partial charge in [0.05, 0.1) is 5.76 Å². The predicted molar refractivity (Wildman–Crippen MR) is 56.5 cm³/mol. The van der Waals surface area contributed by atoms with Gasteiger partial charge in [0.25, 0.3) is 0 Å². The van der Waals surface area contributed by atoms with Crippen LogP contribution in [-0.2, 0) is 4.74 Å². The molecule has 0 amide bonds. The number of hydrogen-bond donors (Lipinski definition) is 0. The molecule has 0 aromatic rings. The van der Waals surface area contributed by atoms with E-state index in [-0.39, 0.29) is 5.60 Å². The zero-order valence-electron chi connectivity index (χ0n) is 9.18. The number of allylic oxidation sites excluding steroid dienone is 4. The van der Waals surface area contributed by atoms with Crippen LogP contribution in [-0.4, -0.2) is 5.60 Å². The van der Waals surface area contributed by atoms with Crippen LogP contribution >= 0.6 is 0 Å². The van der Waals surface area contributed by atoms with Gasteiger partial charge in [0, 0.05) is 6.42 Å². The van der Waals surface area contributed by atoms with Gasteiger partial charge in [-0.25, -0.2) is 0 Å². The van der Waals surface area contributed by atoms with Crippen molar-refractivity contribution in [1.29, 1.82) is 0 Å². The highest BCUT2D eigenvalue weighted by Crippen LogP contribution is 2.26. The molecule has 0 atom stereocenters. The van der Waals surface area contributed by atoms with Crippen molar-refractivity contribution >= 4 is 0 Å². The standard InChI is InChI=1S/C12H20O/c1-5-12(3,4)13-11-9-7-6-8-10(11)2/h6,8H,5,7,9H2,1-4H3. The minimum Gasteiger partial charge on any atom is -0.492 e. The van der Waals surface area contributed by atoms with Gasteiger partial charge < -0.3 is 4.74 Å². The largest absolute Gasteiger partial charge is 0.492 e. The number of ether oxygens (including phenoxy) is 1. The summed E-state index contributed by atoms with van der Waals surface area (Å²) < 4.78 is 5.97. The van der Waals surface area contributed by atoms with E-state index in [1.54, 1.807) is 0 Å². The monoisotopic (exact) mass is 180 g/mol. The zero-order valence-corrected chi connectivity index (χ0v) is 9.18. The lowest BCUT2D eigenvalue weighted by Crippen LogP contribution is -2.23. The maximum atomic E-state index is 5.97. The van der Waals surface area contributed by atoms with E-state index in [9.17, 15) is 0 Å². The molecular weight excluding hydrogens is 160 g/mol. The van der Waals surface area contributed by atoms with Crippen LogP contribution in [0.3, 0.4) is 0 Å². The molecule has 0 heterocycles. The third-order valence-electron chi connectivity index (χ3n) is 2.60. The van der Waals surface area contributed by atoms with Gasteiger partial charge >= 0.3 is 0 Å². The van der Waals surface area contributed by atoms with Gasteiger partial charge in [-0.05, 0) is 39.2 Å². The second kappa shape index (κ2) is 3.99. The summed E-state index contributed by atoms with van der Waals surface area (Å²) in [6.45, 7) is 8.57. The minimum atomic E-state index is -0.0121. The Hall–Kier alpha value is -0.720. The van der Waals surface area contributed by atoms with Gasteiger partial charge in [-0.1, -0.05) is 19.1 Å². The summed E-state index contributed by atoms with van der Waals surface area (Å²) in [5.41, 5.74) is 1.27. The van der Waals surface area contributed by atoms with Crippen molar-refractivity contribution in [3.63, 3.8) is 0 Å². The van der Waals surface area contributed by atoms with Crippen molar-refractivity contribution in [3.05, 3.63) is 23.5 Å². The molecule has 0 fully saturated rings. The maximum absolute atomic E-state index is 5.97. The Labute approximate surface area is 81.5 Å². The Morgan fingerprint density at radius 1 is 1.46 bits per heavy atom. The van der Waals surface area contributed by atoms with E-state index in [1.165, 1.54) is 11.3 Å². The summed E-state index contributed by atoms with van der Waals surface area (Å²) in [5.74, 6) is 1.18. The fourth-order valence-electron chi connectivity index (χ4n) is 1.30. The van der Waals surface area contributed by atoms with E-state index in [4.69, 9.17) is 4.74 Å². The highest BCUT2D eigenvalue weighted by Gasteiger charge is 2.19. The van der Waals surface area contributed by atoms with Gasteiger partial charge in [-0.2, -0.15) is 0 Å². The van der Waals surface area contributed by atoms with Gasteiger partial charge in [0.2, 0.25) is 0 Å². The Morgan fingerprint density at radius 2 is 2.15 bits per heavy atom. The van der Waals surface area contributed by atoms with E-state index in [0.717, 1.165) is 19.3 Å². The summed E-state index contributed by atoms with van der Waals surface area (Å²) >= 11 is 0. The fraction of sp³-hybridized carbons (Fsp3) is 0.667. The molecule has 0 saturated carbocycles. The molecule has 0 aromatic carbocycles. The van der Waals surface area contributed by atoms with Crippen LogP contribution in [0.5, 0.6) is 0 Å². The summed E-state index contributed by atoms with van der Waals surface area (Å²) in [6.07, 6.45) is 7.59. The van der Waals surface area contributed by atoms with E-state index >= 15 is 0 Å². The summed E-state index contributed by atoms with van der Waals surface area (Å²) in [5, 5.41) is 0. The average Bonchev–Trinajstić information content (AvgIpc) is 2.09. The van der Waals surface area contributed by atoms with Crippen molar-refractivity contribution in [1.82, 2.24) is 0 Å². The topological polar surface area (TPSA) is 9.23 Å². The molecule has 74 valence electrons. The zero-order chi connectivity index (χ0) is 9.90. The van der Waals surface area contributed by atoms with Crippen LogP contribution in [0.4, 0.5) is 0 Å². The quantitative estimate of drug-likeness (QED) is 0.641. The molecule has 0 spiro atoms. The van der Waals surface area contributed by atoms with Crippen molar-refractivity contribution < 1.29 is 4.74 Å². The molecule has 1 aliphatic carbocycles. The molecular formula is C12H20O. The average molecular weight is 180 g/mol. The highest BCUT2D eigenvalue weighted by atomic mass is 16.5. The van der Waals surface area contributed by atoms with E-state index < -0.39 is 0 Å².